The maximum atomic E-state index is 12.7. The van der Waals surface area contributed by atoms with Gasteiger partial charge in [0.05, 0.1) is 16.7 Å². The third kappa shape index (κ3) is 3.35. The van der Waals surface area contributed by atoms with Crippen molar-refractivity contribution in [2.24, 2.45) is 0 Å². The molecule has 0 aliphatic carbocycles. The summed E-state index contributed by atoms with van der Waals surface area (Å²) in [6, 6.07) is 4.85. The van der Waals surface area contributed by atoms with Gasteiger partial charge in [-0.2, -0.15) is 13.2 Å². The van der Waals surface area contributed by atoms with Crippen molar-refractivity contribution in [3.63, 3.8) is 0 Å². The molecule has 1 rings (SSSR count). The Morgan fingerprint density at radius 1 is 1.35 bits per heavy atom. The molecule has 1 aromatic rings. The Morgan fingerprint density at radius 2 is 1.94 bits per heavy atom. The van der Waals surface area contributed by atoms with E-state index in [1.54, 1.807) is 0 Å². The van der Waals surface area contributed by atoms with E-state index in [1.165, 1.54) is 18.2 Å². The zero-order valence-electron chi connectivity index (χ0n) is 8.47. The maximum Gasteiger partial charge on any atom is 0.418 e. The number of rotatable bonds is 3. The first kappa shape index (κ1) is 14.3. The molecule has 17 heavy (non-hydrogen) atoms. The quantitative estimate of drug-likeness (QED) is 0.612. The lowest BCUT2D eigenvalue weighted by atomic mass is 10.1. The molecular weight excluding hydrogens is 322 g/mol. The van der Waals surface area contributed by atoms with Gasteiger partial charge in [-0.25, -0.2) is 0 Å². The van der Waals surface area contributed by atoms with Crippen LogP contribution in [0.1, 0.15) is 5.56 Å². The van der Waals surface area contributed by atoms with Gasteiger partial charge in [-0.15, -0.1) is 11.6 Å². The van der Waals surface area contributed by atoms with Gasteiger partial charge >= 0.3 is 6.18 Å². The van der Waals surface area contributed by atoms with Crippen molar-refractivity contribution < 1.29 is 18.0 Å². The van der Waals surface area contributed by atoms with Gasteiger partial charge in [-0.1, -0.05) is 28.1 Å². The Labute approximate surface area is 109 Å². The molecule has 0 unspecified atom stereocenters. The molecule has 0 fully saturated rings. The van der Waals surface area contributed by atoms with Gasteiger partial charge < -0.3 is 4.90 Å². The molecule has 0 aliphatic heterocycles. The standard InChI is InChI=1S/C10H8BrClF3NO/c11-6-16(9(17)5-12)8-4-2-1-3-7(8)10(13,14)15/h1-4H,5-6H2. The van der Waals surface area contributed by atoms with Gasteiger partial charge in [-0.05, 0) is 12.1 Å². The van der Waals surface area contributed by atoms with Crippen molar-refractivity contribution in [2.45, 2.75) is 6.18 Å². The van der Waals surface area contributed by atoms with Gasteiger partial charge in [-0.3, -0.25) is 4.79 Å². The second kappa shape index (κ2) is 5.73. The number of halogens is 5. The van der Waals surface area contributed by atoms with E-state index in [-0.39, 0.29) is 17.0 Å². The Bertz CT molecular complexity index is 411. The molecule has 1 aromatic carbocycles. The molecule has 0 heterocycles. The lowest BCUT2D eigenvalue weighted by Gasteiger charge is -2.23. The van der Waals surface area contributed by atoms with E-state index in [4.69, 9.17) is 11.6 Å². The number of alkyl halides is 5. The Balaban J connectivity index is 3.25. The summed E-state index contributed by atoms with van der Waals surface area (Å²) in [6.45, 7) is 0. The minimum atomic E-state index is -4.51. The molecule has 0 N–H and O–H groups in total. The van der Waals surface area contributed by atoms with E-state index < -0.39 is 17.6 Å². The number of benzene rings is 1. The number of hydrogen-bond donors (Lipinski definition) is 0. The number of anilines is 1. The van der Waals surface area contributed by atoms with E-state index >= 15 is 0 Å². The van der Waals surface area contributed by atoms with Crippen LogP contribution >= 0.6 is 27.5 Å². The molecule has 0 radical (unpaired) electrons. The zero-order valence-corrected chi connectivity index (χ0v) is 10.8. The summed E-state index contributed by atoms with van der Waals surface area (Å²) in [5, 5.41) is 0. The van der Waals surface area contributed by atoms with Crippen LogP contribution in [0.15, 0.2) is 24.3 Å². The molecule has 0 aromatic heterocycles. The molecule has 2 nitrogen and oxygen atoms in total. The summed E-state index contributed by atoms with van der Waals surface area (Å²) in [5.41, 5.74) is -1.12. The minimum absolute atomic E-state index is 0.0500. The highest BCUT2D eigenvalue weighted by Gasteiger charge is 2.35. The van der Waals surface area contributed by atoms with Gasteiger partial charge in [0.25, 0.3) is 0 Å². The normalized spacial score (nSPS) is 11.4. The first-order valence-corrected chi connectivity index (χ1v) is 6.16. The second-order valence-electron chi connectivity index (χ2n) is 3.09. The van der Waals surface area contributed by atoms with Crippen LogP contribution in [0.25, 0.3) is 0 Å². The first-order valence-electron chi connectivity index (χ1n) is 4.50. The maximum absolute atomic E-state index is 12.7. The SMILES string of the molecule is O=C(CCl)N(CBr)c1ccccc1C(F)(F)F. The predicted octanol–water partition coefficient (Wildman–Crippen LogP) is 3.63. The fourth-order valence-electron chi connectivity index (χ4n) is 1.29. The van der Waals surface area contributed by atoms with Crippen LogP contribution in [-0.4, -0.2) is 17.2 Å². The van der Waals surface area contributed by atoms with Crippen molar-refractivity contribution in [3.05, 3.63) is 29.8 Å². The lowest BCUT2D eigenvalue weighted by molar-refractivity contribution is -0.137. The van der Waals surface area contributed by atoms with E-state index in [1.807, 2.05) is 0 Å². The summed E-state index contributed by atoms with van der Waals surface area (Å²) in [4.78, 5) is 12.4. The number of nitrogens with zero attached hydrogens (tertiary/aromatic N) is 1. The summed E-state index contributed by atoms with van der Waals surface area (Å²) >= 11 is 8.32. The van der Waals surface area contributed by atoms with Crippen molar-refractivity contribution in [1.82, 2.24) is 0 Å². The Kier molecular flexibility index (Phi) is 4.82. The average Bonchev–Trinajstić information content (AvgIpc) is 2.29. The number of para-hydroxylation sites is 1. The number of carbonyl (C=O) groups is 1. The Hall–Kier alpha value is -0.750. The Morgan fingerprint density at radius 3 is 2.41 bits per heavy atom. The van der Waals surface area contributed by atoms with E-state index in [0.717, 1.165) is 11.0 Å². The molecule has 1 amide bonds. The zero-order chi connectivity index (χ0) is 13.1. The smallest absolute Gasteiger partial charge is 0.300 e. The van der Waals surface area contributed by atoms with Crippen molar-refractivity contribution in [1.29, 1.82) is 0 Å². The summed E-state index contributed by atoms with van der Waals surface area (Å²) < 4.78 is 38.2. The van der Waals surface area contributed by atoms with Gasteiger partial charge in [0.2, 0.25) is 5.91 Å². The first-order chi connectivity index (χ1) is 7.91. The number of amides is 1. The number of carbonyl (C=O) groups excluding carboxylic acids is 1. The van der Waals surface area contributed by atoms with Crippen molar-refractivity contribution in [3.8, 4) is 0 Å². The summed E-state index contributed by atoms with van der Waals surface area (Å²) in [7, 11) is 0. The van der Waals surface area contributed by atoms with Gasteiger partial charge in [0, 0.05) is 0 Å². The lowest BCUT2D eigenvalue weighted by Crippen LogP contribution is -2.32. The highest BCUT2D eigenvalue weighted by molar-refractivity contribution is 9.09. The van der Waals surface area contributed by atoms with Crippen molar-refractivity contribution in [2.75, 3.05) is 16.2 Å². The summed E-state index contributed by atoms with van der Waals surface area (Å²) in [5.74, 6) is -0.974. The molecule has 0 saturated heterocycles. The molecular formula is C10H8BrClF3NO. The summed E-state index contributed by atoms with van der Waals surface area (Å²) in [6.07, 6.45) is -4.51. The predicted molar refractivity (Wildman–Crippen MR) is 63.4 cm³/mol. The molecule has 7 heteroatoms. The molecule has 0 bridgehead atoms. The van der Waals surface area contributed by atoms with Crippen LogP contribution in [-0.2, 0) is 11.0 Å². The third-order valence-electron chi connectivity index (χ3n) is 2.04. The van der Waals surface area contributed by atoms with Crippen LogP contribution in [0.2, 0.25) is 0 Å². The minimum Gasteiger partial charge on any atom is -0.300 e. The highest BCUT2D eigenvalue weighted by Crippen LogP contribution is 2.36. The van der Waals surface area contributed by atoms with Crippen LogP contribution in [0, 0.1) is 0 Å². The number of hydrogen-bond acceptors (Lipinski definition) is 1. The molecule has 94 valence electrons. The molecule has 0 aliphatic rings. The van der Waals surface area contributed by atoms with E-state index in [9.17, 15) is 18.0 Å². The van der Waals surface area contributed by atoms with Crippen molar-refractivity contribution >= 4 is 39.1 Å². The average molecular weight is 331 g/mol. The van der Waals surface area contributed by atoms with Crippen LogP contribution in [0.4, 0.5) is 18.9 Å². The molecule has 0 spiro atoms. The van der Waals surface area contributed by atoms with Gasteiger partial charge in [0.15, 0.2) is 0 Å². The van der Waals surface area contributed by atoms with Crippen LogP contribution in [0.5, 0.6) is 0 Å². The fourth-order valence-corrected chi connectivity index (χ4v) is 1.98. The largest absolute Gasteiger partial charge is 0.418 e. The van der Waals surface area contributed by atoms with Crippen LogP contribution in [0.3, 0.4) is 0 Å². The van der Waals surface area contributed by atoms with E-state index in [2.05, 4.69) is 15.9 Å². The molecule has 0 saturated carbocycles. The highest BCUT2D eigenvalue weighted by atomic mass is 79.9. The van der Waals surface area contributed by atoms with Crippen LogP contribution < -0.4 is 4.90 Å². The van der Waals surface area contributed by atoms with Gasteiger partial charge in [0.1, 0.15) is 5.88 Å². The monoisotopic (exact) mass is 329 g/mol. The van der Waals surface area contributed by atoms with E-state index in [0.29, 0.717) is 0 Å². The second-order valence-corrected chi connectivity index (χ2v) is 3.86. The topological polar surface area (TPSA) is 20.3 Å². The third-order valence-corrected chi connectivity index (χ3v) is 2.77. The fraction of sp³-hybridized carbons (Fsp3) is 0.300. The molecule has 0 atom stereocenters.